The number of hydrogen-bond donors (Lipinski definition) is 2. The van der Waals surface area contributed by atoms with Gasteiger partial charge in [-0.3, -0.25) is 14.5 Å². The molecular weight excluding hydrogens is 318 g/mol. The summed E-state index contributed by atoms with van der Waals surface area (Å²) in [6.45, 7) is 3.99. The maximum atomic E-state index is 12.3. The number of nitrogens with zero attached hydrogens (tertiary/aromatic N) is 1. The minimum Gasteiger partial charge on any atom is -0.456 e. The normalized spacial score (nSPS) is 11.5. The number of rotatable bonds is 6. The Labute approximate surface area is 145 Å². The lowest BCUT2D eigenvalue weighted by atomic mass is 10.1. The second kappa shape index (κ2) is 6.94. The zero-order chi connectivity index (χ0) is 18.0. The lowest BCUT2D eigenvalue weighted by Gasteiger charge is -2.24. The van der Waals surface area contributed by atoms with Crippen molar-refractivity contribution in [3.63, 3.8) is 0 Å². The molecule has 0 fully saturated rings. The van der Waals surface area contributed by atoms with Crippen LogP contribution in [-0.4, -0.2) is 35.8 Å². The monoisotopic (exact) mass is 339 g/mol. The maximum absolute atomic E-state index is 12.3. The molecule has 2 aromatic carbocycles. The van der Waals surface area contributed by atoms with Gasteiger partial charge in [-0.25, -0.2) is 0 Å². The number of furan rings is 1. The molecule has 0 radical (unpaired) electrons. The zero-order valence-corrected chi connectivity index (χ0v) is 14.3. The van der Waals surface area contributed by atoms with Crippen LogP contribution >= 0.6 is 0 Å². The van der Waals surface area contributed by atoms with Crippen molar-refractivity contribution in [2.75, 3.05) is 18.4 Å². The van der Waals surface area contributed by atoms with Gasteiger partial charge < -0.3 is 15.5 Å². The first-order valence-corrected chi connectivity index (χ1v) is 8.17. The number of fused-ring (bicyclic) bond motifs is 3. The molecule has 0 atom stereocenters. The van der Waals surface area contributed by atoms with E-state index in [1.54, 1.807) is 11.0 Å². The largest absolute Gasteiger partial charge is 0.456 e. The molecule has 0 saturated carbocycles. The third-order valence-electron chi connectivity index (χ3n) is 4.10. The highest BCUT2D eigenvalue weighted by Gasteiger charge is 2.16. The van der Waals surface area contributed by atoms with E-state index < -0.39 is 5.91 Å². The molecule has 25 heavy (non-hydrogen) atoms. The van der Waals surface area contributed by atoms with E-state index in [4.69, 9.17) is 10.2 Å². The molecule has 0 unspecified atom stereocenters. The molecule has 6 heteroatoms. The summed E-state index contributed by atoms with van der Waals surface area (Å²) in [5, 5.41) is 4.83. The number of nitrogens with one attached hydrogen (secondary N) is 1. The Balaban J connectivity index is 1.78. The molecule has 0 spiro atoms. The third-order valence-corrected chi connectivity index (χ3v) is 4.10. The number of carbonyl (C=O) groups is 2. The fraction of sp³-hybridized carbons (Fsp3) is 0.263. The molecule has 0 aliphatic heterocycles. The Morgan fingerprint density at radius 2 is 1.80 bits per heavy atom. The summed E-state index contributed by atoms with van der Waals surface area (Å²) in [5.74, 6) is -0.644. The van der Waals surface area contributed by atoms with E-state index in [2.05, 4.69) is 5.32 Å². The van der Waals surface area contributed by atoms with Crippen molar-refractivity contribution in [2.24, 2.45) is 5.73 Å². The summed E-state index contributed by atoms with van der Waals surface area (Å²) in [6, 6.07) is 13.4. The first-order chi connectivity index (χ1) is 11.9. The number of primary amides is 1. The van der Waals surface area contributed by atoms with E-state index in [1.807, 2.05) is 50.2 Å². The van der Waals surface area contributed by atoms with Crippen LogP contribution in [0.15, 0.2) is 46.9 Å². The van der Waals surface area contributed by atoms with Crippen molar-refractivity contribution in [3.8, 4) is 0 Å². The molecule has 0 saturated heterocycles. The molecule has 130 valence electrons. The van der Waals surface area contributed by atoms with E-state index in [9.17, 15) is 9.59 Å². The van der Waals surface area contributed by atoms with Gasteiger partial charge in [-0.2, -0.15) is 0 Å². The highest BCUT2D eigenvalue weighted by Crippen LogP contribution is 2.30. The van der Waals surface area contributed by atoms with Crippen LogP contribution in [0.25, 0.3) is 21.9 Å². The van der Waals surface area contributed by atoms with Crippen LogP contribution in [-0.2, 0) is 9.59 Å². The standard InChI is InChI=1S/C19H21N3O3/c1-12(2)22(10-18(20)23)11-19(24)21-13-7-8-17-15(9-13)14-5-3-4-6-16(14)25-17/h3-9,12H,10-11H2,1-2H3,(H2,20,23)(H,21,24). The van der Waals surface area contributed by atoms with Crippen molar-refractivity contribution >= 4 is 39.4 Å². The number of benzene rings is 2. The zero-order valence-electron chi connectivity index (χ0n) is 14.3. The third kappa shape index (κ3) is 3.80. The van der Waals surface area contributed by atoms with Gasteiger partial charge in [0.25, 0.3) is 0 Å². The van der Waals surface area contributed by atoms with Crippen molar-refractivity contribution in [1.82, 2.24) is 4.90 Å². The van der Waals surface area contributed by atoms with Gasteiger partial charge in [0.2, 0.25) is 11.8 Å². The van der Waals surface area contributed by atoms with Crippen molar-refractivity contribution < 1.29 is 14.0 Å². The topological polar surface area (TPSA) is 88.6 Å². The van der Waals surface area contributed by atoms with E-state index in [-0.39, 0.29) is 25.0 Å². The molecular formula is C19H21N3O3. The number of para-hydroxylation sites is 1. The number of nitrogens with two attached hydrogens (primary N) is 1. The molecule has 2 amide bonds. The molecule has 3 aromatic rings. The van der Waals surface area contributed by atoms with Crippen LogP contribution in [0.1, 0.15) is 13.8 Å². The summed E-state index contributed by atoms with van der Waals surface area (Å²) >= 11 is 0. The summed E-state index contributed by atoms with van der Waals surface area (Å²) < 4.78 is 5.78. The predicted octanol–water partition coefficient (Wildman–Crippen LogP) is 2.72. The van der Waals surface area contributed by atoms with Gasteiger partial charge >= 0.3 is 0 Å². The van der Waals surface area contributed by atoms with Gasteiger partial charge in [0.15, 0.2) is 0 Å². The van der Waals surface area contributed by atoms with Gasteiger partial charge in [-0.05, 0) is 38.1 Å². The Bertz CT molecular complexity index is 930. The Kier molecular flexibility index (Phi) is 4.72. The van der Waals surface area contributed by atoms with Gasteiger partial charge in [-0.15, -0.1) is 0 Å². The maximum Gasteiger partial charge on any atom is 0.238 e. The molecule has 0 aliphatic rings. The highest BCUT2D eigenvalue weighted by atomic mass is 16.3. The molecule has 3 rings (SSSR count). The summed E-state index contributed by atoms with van der Waals surface area (Å²) in [5.41, 5.74) is 7.51. The summed E-state index contributed by atoms with van der Waals surface area (Å²) in [6.07, 6.45) is 0. The SMILES string of the molecule is CC(C)N(CC(N)=O)CC(=O)Nc1ccc2oc3ccccc3c2c1. The van der Waals surface area contributed by atoms with E-state index >= 15 is 0 Å². The average molecular weight is 339 g/mol. The highest BCUT2D eigenvalue weighted by molar-refractivity contribution is 6.07. The second-order valence-electron chi connectivity index (χ2n) is 6.32. The van der Waals surface area contributed by atoms with Crippen molar-refractivity contribution in [2.45, 2.75) is 19.9 Å². The molecule has 0 bridgehead atoms. The van der Waals surface area contributed by atoms with Gasteiger partial charge in [0.1, 0.15) is 11.2 Å². The van der Waals surface area contributed by atoms with Gasteiger partial charge in [0, 0.05) is 22.5 Å². The Morgan fingerprint density at radius 3 is 2.52 bits per heavy atom. The fourth-order valence-corrected chi connectivity index (χ4v) is 2.81. The van der Waals surface area contributed by atoms with E-state index in [0.29, 0.717) is 5.69 Å². The number of carbonyl (C=O) groups excluding carboxylic acids is 2. The Hall–Kier alpha value is -2.86. The summed E-state index contributed by atoms with van der Waals surface area (Å²) in [4.78, 5) is 25.2. The minimum absolute atomic E-state index is 0.0403. The number of hydrogen-bond acceptors (Lipinski definition) is 4. The van der Waals surface area contributed by atoms with E-state index in [0.717, 1.165) is 21.9 Å². The van der Waals surface area contributed by atoms with Crippen LogP contribution in [0.3, 0.4) is 0 Å². The Morgan fingerprint density at radius 1 is 1.08 bits per heavy atom. The quantitative estimate of drug-likeness (QED) is 0.723. The lowest BCUT2D eigenvalue weighted by molar-refractivity contribution is -0.121. The first-order valence-electron chi connectivity index (χ1n) is 8.17. The summed E-state index contributed by atoms with van der Waals surface area (Å²) in [7, 11) is 0. The van der Waals surface area contributed by atoms with Crippen LogP contribution in [0.4, 0.5) is 5.69 Å². The van der Waals surface area contributed by atoms with Crippen LogP contribution in [0, 0.1) is 0 Å². The molecule has 1 aromatic heterocycles. The van der Waals surface area contributed by atoms with Gasteiger partial charge in [0.05, 0.1) is 13.1 Å². The number of amides is 2. The van der Waals surface area contributed by atoms with Gasteiger partial charge in [-0.1, -0.05) is 18.2 Å². The molecule has 3 N–H and O–H groups in total. The molecule has 6 nitrogen and oxygen atoms in total. The molecule has 1 heterocycles. The van der Waals surface area contributed by atoms with Crippen LogP contribution in [0.2, 0.25) is 0 Å². The lowest BCUT2D eigenvalue weighted by Crippen LogP contribution is -2.43. The van der Waals surface area contributed by atoms with Crippen LogP contribution in [0.5, 0.6) is 0 Å². The van der Waals surface area contributed by atoms with E-state index in [1.165, 1.54) is 0 Å². The number of anilines is 1. The fourth-order valence-electron chi connectivity index (χ4n) is 2.81. The van der Waals surface area contributed by atoms with Crippen molar-refractivity contribution in [1.29, 1.82) is 0 Å². The first kappa shape index (κ1) is 17.0. The molecule has 0 aliphatic carbocycles. The smallest absolute Gasteiger partial charge is 0.238 e. The van der Waals surface area contributed by atoms with Crippen LogP contribution < -0.4 is 11.1 Å². The second-order valence-corrected chi connectivity index (χ2v) is 6.32. The van der Waals surface area contributed by atoms with Crippen molar-refractivity contribution in [3.05, 3.63) is 42.5 Å². The minimum atomic E-state index is -0.451. The average Bonchev–Trinajstić information content (AvgIpc) is 2.92. The predicted molar refractivity (Wildman–Crippen MR) is 98.3 cm³/mol.